The molecule has 0 saturated carbocycles. The molecule has 2 N–H and O–H groups in total. The Hall–Kier alpha value is -4.34. The van der Waals surface area contributed by atoms with E-state index in [1.54, 1.807) is 24.3 Å². The van der Waals surface area contributed by atoms with Crippen LogP contribution in [0.2, 0.25) is 5.02 Å². The normalized spacial score (nSPS) is 11.1. The molecule has 5 rings (SSSR count). The third-order valence-corrected chi connectivity index (χ3v) is 6.58. The van der Waals surface area contributed by atoms with Crippen molar-refractivity contribution >= 4 is 23.2 Å². The summed E-state index contributed by atoms with van der Waals surface area (Å²) in [5.74, 6) is -0.490. The van der Waals surface area contributed by atoms with Gasteiger partial charge in [0.1, 0.15) is 5.75 Å². The van der Waals surface area contributed by atoms with Crippen molar-refractivity contribution in [3.8, 4) is 5.75 Å². The number of carbonyl (C=O) groups is 1. The molecule has 0 aliphatic carbocycles. The summed E-state index contributed by atoms with van der Waals surface area (Å²) in [5.41, 5.74) is 4.17. The summed E-state index contributed by atoms with van der Waals surface area (Å²) >= 11 is 6.68. The fourth-order valence-electron chi connectivity index (χ4n) is 4.81. The second kappa shape index (κ2) is 10.1. The summed E-state index contributed by atoms with van der Waals surface area (Å²) < 4.78 is 0. The SMILES string of the molecule is O=C(Nc1cc(Cl)cc(C(c2ccccc2)(c2ccccc2)c2ccccc2)c1)c1ccccc1O. The lowest BCUT2D eigenvalue weighted by atomic mass is 9.65. The number of phenols is 1. The standard InChI is InChI=1S/C32H24ClNO2/c33-27-20-26(21-28(22-27)34-31(36)29-18-10-11-19-30(29)35)32(23-12-4-1-5-13-23,24-14-6-2-7-15-24)25-16-8-3-9-17-25/h1-22,35H,(H,34,36). The molecule has 1 amide bonds. The number of hydrogen-bond acceptors (Lipinski definition) is 2. The van der Waals surface area contributed by atoms with Gasteiger partial charge in [-0.25, -0.2) is 0 Å². The van der Waals surface area contributed by atoms with Gasteiger partial charge in [0.05, 0.1) is 11.0 Å². The number of anilines is 1. The van der Waals surface area contributed by atoms with Crippen LogP contribution in [0.4, 0.5) is 5.69 Å². The predicted octanol–water partition coefficient (Wildman–Crippen LogP) is 7.68. The number of para-hydroxylation sites is 1. The number of halogens is 1. The topological polar surface area (TPSA) is 49.3 Å². The number of phenolic OH excluding ortho intramolecular Hbond substituents is 1. The molecule has 0 aliphatic heterocycles. The van der Waals surface area contributed by atoms with Crippen LogP contribution in [0.3, 0.4) is 0 Å². The van der Waals surface area contributed by atoms with Crippen molar-refractivity contribution in [1.82, 2.24) is 0 Å². The lowest BCUT2D eigenvalue weighted by Crippen LogP contribution is -2.31. The number of benzene rings is 5. The van der Waals surface area contributed by atoms with Gasteiger partial charge in [-0.2, -0.15) is 0 Å². The van der Waals surface area contributed by atoms with E-state index in [1.165, 1.54) is 6.07 Å². The zero-order valence-corrected chi connectivity index (χ0v) is 20.2. The first-order chi connectivity index (χ1) is 17.6. The first-order valence-electron chi connectivity index (χ1n) is 11.7. The summed E-state index contributed by atoms with van der Waals surface area (Å²) in [4.78, 5) is 13.0. The van der Waals surface area contributed by atoms with Crippen molar-refractivity contribution in [1.29, 1.82) is 0 Å². The van der Waals surface area contributed by atoms with E-state index in [0.717, 1.165) is 22.3 Å². The zero-order chi connectivity index (χ0) is 25.0. The van der Waals surface area contributed by atoms with E-state index < -0.39 is 11.3 Å². The van der Waals surface area contributed by atoms with E-state index in [0.29, 0.717) is 10.7 Å². The maximum absolute atomic E-state index is 13.0. The number of nitrogens with one attached hydrogen (secondary N) is 1. The minimum atomic E-state index is -0.691. The Balaban J connectivity index is 1.74. The summed E-state index contributed by atoms with van der Waals surface area (Å²) in [7, 11) is 0. The molecule has 0 atom stereocenters. The molecule has 0 aliphatic rings. The van der Waals surface area contributed by atoms with Gasteiger partial charge in [-0.15, -0.1) is 0 Å². The number of amides is 1. The van der Waals surface area contributed by atoms with Crippen molar-refractivity contribution in [2.45, 2.75) is 5.41 Å². The summed E-state index contributed by atoms with van der Waals surface area (Å²) in [6, 6.07) is 42.9. The van der Waals surface area contributed by atoms with Gasteiger partial charge in [0.2, 0.25) is 0 Å². The highest BCUT2D eigenvalue weighted by Gasteiger charge is 2.38. The molecule has 36 heavy (non-hydrogen) atoms. The Morgan fingerprint density at radius 1 is 0.611 bits per heavy atom. The van der Waals surface area contributed by atoms with Crippen LogP contribution in [0.1, 0.15) is 32.6 Å². The van der Waals surface area contributed by atoms with E-state index in [4.69, 9.17) is 11.6 Å². The van der Waals surface area contributed by atoms with Gasteiger partial charge in [0.15, 0.2) is 0 Å². The van der Waals surface area contributed by atoms with Gasteiger partial charge in [-0.1, -0.05) is 115 Å². The van der Waals surface area contributed by atoms with E-state index in [-0.39, 0.29) is 11.3 Å². The minimum Gasteiger partial charge on any atom is -0.507 e. The third-order valence-electron chi connectivity index (χ3n) is 6.36. The lowest BCUT2D eigenvalue weighted by Gasteiger charge is -2.37. The molecule has 4 heteroatoms. The Morgan fingerprint density at radius 2 is 1.08 bits per heavy atom. The molecule has 0 aromatic heterocycles. The fourth-order valence-corrected chi connectivity index (χ4v) is 5.04. The monoisotopic (exact) mass is 489 g/mol. The van der Waals surface area contributed by atoms with Crippen LogP contribution in [0.5, 0.6) is 5.75 Å². The van der Waals surface area contributed by atoms with Crippen LogP contribution in [0.15, 0.2) is 133 Å². The Labute approximate surface area is 215 Å². The van der Waals surface area contributed by atoms with Crippen molar-refractivity contribution in [2.24, 2.45) is 0 Å². The molecule has 176 valence electrons. The molecule has 0 fully saturated rings. The van der Waals surface area contributed by atoms with Crippen LogP contribution in [-0.4, -0.2) is 11.0 Å². The molecular formula is C32H24ClNO2. The first-order valence-corrected chi connectivity index (χ1v) is 12.0. The molecule has 5 aromatic rings. The van der Waals surface area contributed by atoms with Crippen molar-refractivity contribution in [3.05, 3.63) is 166 Å². The van der Waals surface area contributed by atoms with Gasteiger partial charge in [0.25, 0.3) is 5.91 Å². The Morgan fingerprint density at radius 3 is 1.58 bits per heavy atom. The summed E-state index contributed by atoms with van der Waals surface area (Å²) in [5, 5.41) is 13.6. The zero-order valence-electron chi connectivity index (χ0n) is 19.4. The summed E-state index contributed by atoms with van der Waals surface area (Å²) in [6.45, 7) is 0. The van der Waals surface area contributed by atoms with Crippen LogP contribution in [0, 0.1) is 0 Å². The average Bonchev–Trinajstić information content (AvgIpc) is 2.91. The van der Waals surface area contributed by atoms with Crippen molar-refractivity contribution in [3.63, 3.8) is 0 Å². The van der Waals surface area contributed by atoms with E-state index >= 15 is 0 Å². The van der Waals surface area contributed by atoms with Crippen LogP contribution in [-0.2, 0) is 5.41 Å². The second-order valence-electron chi connectivity index (χ2n) is 8.55. The summed E-state index contributed by atoms with van der Waals surface area (Å²) in [6.07, 6.45) is 0. The Kier molecular flexibility index (Phi) is 6.57. The van der Waals surface area contributed by atoms with E-state index in [2.05, 4.69) is 41.7 Å². The molecule has 0 radical (unpaired) electrons. The molecule has 0 spiro atoms. The molecule has 0 bridgehead atoms. The smallest absolute Gasteiger partial charge is 0.259 e. The number of hydrogen-bond donors (Lipinski definition) is 2. The lowest BCUT2D eigenvalue weighted by molar-refractivity contribution is 0.102. The molecular weight excluding hydrogens is 466 g/mol. The highest BCUT2D eigenvalue weighted by molar-refractivity contribution is 6.31. The van der Waals surface area contributed by atoms with Crippen LogP contribution < -0.4 is 5.32 Å². The largest absolute Gasteiger partial charge is 0.507 e. The van der Waals surface area contributed by atoms with Gasteiger partial charge < -0.3 is 10.4 Å². The second-order valence-corrected chi connectivity index (χ2v) is 8.98. The highest BCUT2D eigenvalue weighted by atomic mass is 35.5. The fraction of sp³-hybridized carbons (Fsp3) is 0.0312. The number of aromatic hydroxyl groups is 1. The maximum atomic E-state index is 13.0. The van der Waals surface area contributed by atoms with Gasteiger partial charge in [-0.3, -0.25) is 4.79 Å². The molecule has 0 saturated heterocycles. The van der Waals surface area contributed by atoms with Gasteiger partial charge in [-0.05, 0) is 52.6 Å². The number of rotatable bonds is 6. The first kappa shape index (κ1) is 23.4. The highest BCUT2D eigenvalue weighted by Crippen LogP contribution is 2.46. The van der Waals surface area contributed by atoms with Crippen LogP contribution >= 0.6 is 11.6 Å². The van der Waals surface area contributed by atoms with Crippen LogP contribution in [0.25, 0.3) is 0 Å². The average molecular weight is 490 g/mol. The van der Waals surface area contributed by atoms with Gasteiger partial charge in [0, 0.05) is 10.7 Å². The minimum absolute atomic E-state index is 0.0792. The van der Waals surface area contributed by atoms with Crippen molar-refractivity contribution in [2.75, 3.05) is 5.32 Å². The molecule has 0 heterocycles. The molecule has 3 nitrogen and oxygen atoms in total. The third kappa shape index (κ3) is 4.37. The van der Waals surface area contributed by atoms with Crippen molar-refractivity contribution < 1.29 is 9.90 Å². The molecule has 0 unspecified atom stereocenters. The van der Waals surface area contributed by atoms with Gasteiger partial charge >= 0.3 is 0 Å². The Bertz CT molecular complexity index is 1390. The van der Waals surface area contributed by atoms with E-state index in [9.17, 15) is 9.90 Å². The quantitative estimate of drug-likeness (QED) is 0.240. The molecule has 5 aromatic carbocycles. The number of carbonyl (C=O) groups excluding carboxylic acids is 1. The maximum Gasteiger partial charge on any atom is 0.259 e. The van der Waals surface area contributed by atoms with E-state index in [1.807, 2.05) is 66.7 Å². The predicted molar refractivity (Wildman–Crippen MR) is 146 cm³/mol.